The van der Waals surface area contributed by atoms with Crippen molar-refractivity contribution < 1.29 is 0 Å². The number of hydrogen-bond donors (Lipinski definition) is 1. The second-order valence-electron chi connectivity index (χ2n) is 4.42. The fraction of sp³-hybridized carbons (Fsp3) is 0.125. The van der Waals surface area contributed by atoms with Crippen LogP contribution in [0.25, 0.3) is 10.8 Å². The number of nitrogens with zero attached hydrogens (tertiary/aromatic N) is 1. The van der Waals surface area contributed by atoms with E-state index >= 15 is 0 Å². The maximum Gasteiger partial charge on any atom is 0.110 e. The minimum Gasteiger partial charge on any atom is -0.346 e. The highest BCUT2D eigenvalue weighted by molar-refractivity contribution is 5.85. The van der Waals surface area contributed by atoms with Crippen molar-refractivity contribution in [2.24, 2.45) is 0 Å². The van der Waals surface area contributed by atoms with Crippen LogP contribution in [0.2, 0.25) is 0 Å². The number of aromatic nitrogens is 2. The molecule has 2 aromatic carbocycles. The van der Waals surface area contributed by atoms with Crippen LogP contribution in [0.3, 0.4) is 0 Å². The van der Waals surface area contributed by atoms with Gasteiger partial charge in [-0.25, -0.2) is 4.98 Å². The lowest BCUT2D eigenvalue weighted by atomic mass is 10.0. The molecule has 1 aromatic heterocycles. The Bertz CT molecular complexity index is 662. The van der Waals surface area contributed by atoms with Crippen LogP contribution in [0, 0.1) is 6.92 Å². The summed E-state index contributed by atoms with van der Waals surface area (Å²) < 4.78 is 0. The van der Waals surface area contributed by atoms with Crippen LogP contribution in [0.5, 0.6) is 0 Å². The van der Waals surface area contributed by atoms with Crippen molar-refractivity contribution in [3.63, 3.8) is 0 Å². The molecule has 1 radical (unpaired) electrons. The summed E-state index contributed by atoms with van der Waals surface area (Å²) in [7, 11) is 0. The summed E-state index contributed by atoms with van der Waals surface area (Å²) >= 11 is 0. The molecule has 3 rings (SSSR count). The monoisotopic (exact) mass is 235 g/mol. The van der Waals surface area contributed by atoms with Crippen molar-refractivity contribution in [1.82, 2.24) is 9.97 Å². The molecule has 0 aliphatic carbocycles. The number of H-pyrrole nitrogens is 1. The van der Waals surface area contributed by atoms with Crippen LogP contribution in [0.4, 0.5) is 0 Å². The van der Waals surface area contributed by atoms with Gasteiger partial charge in [0.1, 0.15) is 5.82 Å². The highest BCUT2D eigenvalue weighted by Crippen LogP contribution is 2.20. The predicted octanol–water partition coefficient (Wildman–Crippen LogP) is 3.53. The Hall–Kier alpha value is -2.09. The average molecular weight is 235 g/mol. The Morgan fingerprint density at radius 2 is 1.89 bits per heavy atom. The first-order valence-electron chi connectivity index (χ1n) is 6.15. The molecule has 0 spiro atoms. The molecule has 1 heterocycles. The van der Waals surface area contributed by atoms with Crippen LogP contribution in [0.15, 0.2) is 48.7 Å². The first kappa shape index (κ1) is 11.0. The van der Waals surface area contributed by atoms with Gasteiger partial charge in [0.2, 0.25) is 0 Å². The Morgan fingerprint density at radius 3 is 2.72 bits per heavy atom. The van der Waals surface area contributed by atoms with Gasteiger partial charge in [-0.1, -0.05) is 42.5 Å². The summed E-state index contributed by atoms with van der Waals surface area (Å²) in [5, 5.41) is 2.58. The van der Waals surface area contributed by atoms with Gasteiger partial charge in [0, 0.05) is 18.3 Å². The molecule has 2 nitrogen and oxygen atoms in total. The van der Waals surface area contributed by atoms with Crippen LogP contribution in [-0.2, 0) is 12.8 Å². The van der Waals surface area contributed by atoms with E-state index in [9.17, 15) is 0 Å². The number of hydrogen-bond acceptors (Lipinski definition) is 1. The van der Waals surface area contributed by atoms with Gasteiger partial charge in [-0.05, 0) is 29.7 Å². The van der Waals surface area contributed by atoms with Gasteiger partial charge >= 0.3 is 0 Å². The molecule has 1 N–H and O–H groups in total. The lowest BCUT2D eigenvalue weighted by Gasteiger charge is -2.04. The lowest BCUT2D eigenvalue weighted by Crippen LogP contribution is -1.92. The molecule has 3 aromatic rings. The van der Waals surface area contributed by atoms with E-state index in [0.717, 1.165) is 24.4 Å². The second-order valence-corrected chi connectivity index (χ2v) is 4.42. The minimum absolute atomic E-state index is 0.753. The van der Waals surface area contributed by atoms with Crippen LogP contribution in [-0.4, -0.2) is 9.97 Å². The number of nitrogens with one attached hydrogen (secondary N) is 1. The molecule has 0 fully saturated rings. The molecule has 0 amide bonds. The van der Waals surface area contributed by atoms with Crippen molar-refractivity contribution in [3.8, 4) is 0 Å². The zero-order chi connectivity index (χ0) is 12.4. The van der Waals surface area contributed by atoms with Gasteiger partial charge in [0.25, 0.3) is 0 Å². The topological polar surface area (TPSA) is 28.7 Å². The van der Waals surface area contributed by atoms with Gasteiger partial charge in [0.15, 0.2) is 0 Å². The smallest absolute Gasteiger partial charge is 0.110 e. The lowest BCUT2D eigenvalue weighted by molar-refractivity contribution is 1.01. The van der Waals surface area contributed by atoms with E-state index in [-0.39, 0.29) is 0 Å². The molecule has 18 heavy (non-hydrogen) atoms. The van der Waals surface area contributed by atoms with Gasteiger partial charge in [-0.2, -0.15) is 0 Å². The van der Waals surface area contributed by atoms with Crippen LogP contribution in [0.1, 0.15) is 17.1 Å². The quantitative estimate of drug-likeness (QED) is 0.739. The molecule has 0 atom stereocenters. The highest BCUT2D eigenvalue weighted by Gasteiger charge is 2.04. The average Bonchev–Trinajstić information content (AvgIpc) is 2.87. The largest absolute Gasteiger partial charge is 0.346 e. The number of imidazole rings is 1. The number of aromatic amines is 1. The van der Waals surface area contributed by atoms with Gasteiger partial charge < -0.3 is 4.98 Å². The summed E-state index contributed by atoms with van der Waals surface area (Å²) in [4.78, 5) is 7.70. The van der Waals surface area contributed by atoms with Crippen molar-refractivity contribution in [2.75, 3.05) is 0 Å². The number of fused-ring (bicyclic) bond motifs is 1. The molecule has 0 aliphatic rings. The van der Waals surface area contributed by atoms with E-state index < -0.39 is 0 Å². The predicted molar refractivity (Wildman–Crippen MR) is 74.4 cm³/mol. The van der Waals surface area contributed by atoms with Crippen molar-refractivity contribution in [3.05, 3.63) is 72.7 Å². The van der Waals surface area contributed by atoms with Crippen LogP contribution >= 0.6 is 0 Å². The molecule has 0 unspecified atom stereocenters. The van der Waals surface area contributed by atoms with E-state index in [1.165, 1.54) is 16.3 Å². The Balaban J connectivity index is 1.99. The Kier molecular flexibility index (Phi) is 2.85. The SMILES string of the molecule is [CH2]Cc1cnc(Cc2cccc3ccccc23)[nH]1. The summed E-state index contributed by atoms with van der Waals surface area (Å²) in [6.45, 7) is 3.85. The fourth-order valence-electron chi connectivity index (χ4n) is 2.25. The van der Waals surface area contributed by atoms with Gasteiger partial charge in [-0.3, -0.25) is 0 Å². The standard InChI is InChI=1S/C16H15N2/c1-2-14-11-17-16(18-14)10-13-8-5-7-12-6-3-4-9-15(12)13/h3-9,11H,1-2,10H2,(H,17,18). The highest BCUT2D eigenvalue weighted by atomic mass is 14.9. The van der Waals surface area contributed by atoms with Gasteiger partial charge in [-0.15, -0.1) is 0 Å². The third kappa shape index (κ3) is 2.02. The third-order valence-corrected chi connectivity index (χ3v) is 3.19. The second kappa shape index (κ2) is 4.65. The van der Waals surface area contributed by atoms with Gasteiger partial charge in [0.05, 0.1) is 0 Å². The third-order valence-electron chi connectivity index (χ3n) is 3.19. The van der Waals surface area contributed by atoms with E-state index in [2.05, 4.69) is 59.4 Å². The summed E-state index contributed by atoms with van der Waals surface area (Å²) in [5.74, 6) is 1.00. The molecule has 0 saturated heterocycles. The Labute approximate surface area is 107 Å². The molecule has 89 valence electrons. The van der Waals surface area contributed by atoms with E-state index in [1.807, 2.05) is 6.20 Å². The van der Waals surface area contributed by atoms with Crippen LogP contribution < -0.4 is 0 Å². The molecular weight excluding hydrogens is 220 g/mol. The summed E-state index contributed by atoms with van der Waals surface area (Å²) in [5.41, 5.74) is 2.39. The molecule has 0 bridgehead atoms. The Morgan fingerprint density at radius 1 is 1.06 bits per heavy atom. The molecule has 0 saturated carbocycles. The maximum absolute atomic E-state index is 4.39. The molecular formula is C16H15N2. The molecule has 2 heteroatoms. The first-order valence-corrected chi connectivity index (χ1v) is 6.15. The van der Waals surface area contributed by atoms with E-state index in [1.54, 1.807) is 0 Å². The zero-order valence-electron chi connectivity index (χ0n) is 10.2. The molecule has 0 aliphatic heterocycles. The van der Waals surface area contributed by atoms with E-state index in [0.29, 0.717) is 0 Å². The zero-order valence-corrected chi connectivity index (χ0v) is 10.2. The minimum atomic E-state index is 0.753. The van der Waals surface area contributed by atoms with Crippen molar-refractivity contribution in [2.45, 2.75) is 12.8 Å². The number of benzene rings is 2. The van der Waals surface area contributed by atoms with Crippen molar-refractivity contribution >= 4 is 10.8 Å². The fourth-order valence-corrected chi connectivity index (χ4v) is 2.25. The summed E-state index contributed by atoms with van der Waals surface area (Å²) in [6.07, 6.45) is 3.46. The maximum atomic E-state index is 4.39. The normalized spacial score (nSPS) is 10.9. The van der Waals surface area contributed by atoms with E-state index in [4.69, 9.17) is 0 Å². The summed E-state index contributed by atoms with van der Waals surface area (Å²) in [6, 6.07) is 14.9. The number of rotatable bonds is 3. The van der Waals surface area contributed by atoms with Crippen molar-refractivity contribution in [1.29, 1.82) is 0 Å². The first-order chi connectivity index (χ1) is 8.86.